The molecule has 1 unspecified atom stereocenters. The predicted octanol–water partition coefficient (Wildman–Crippen LogP) is 3.73. The van der Waals surface area contributed by atoms with E-state index in [9.17, 15) is 41.0 Å². The van der Waals surface area contributed by atoms with Crippen molar-refractivity contribution in [2.75, 3.05) is 7.05 Å². The topological polar surface area (TPSA) is 117 Å². The van der Waals surface area contributed by atoms with Gasteiger partial charge in [0.15, 0.2) is 11.8 Å². The Bertz CT molecular complexity index is 1310. The van der Waals surface area contributed by atoms with Gasteiger partial charge >= 0.3 is 12.4 Å². The van der Waals surface area contributed by atoms with Gasteiger partial charge in [0, 0.05) is 12.1 Å². The van der Waals surface area contributed by atoms with Gasteiger partial charge in [-0.15, -0.1) is 0 Å². The van der Waals surface area contributed by atoms with Crippen LogP contribution in [0.25, 0.3) is 0 Å². The smallest absolute Gasteiger partial charge is 0.437 e. The molecule has 192 valence electrons. The Hall–Kier alpha value is -3.83. The van der Waals surface area contributed by atoms with Crippen LogP contribution >= 0.6 is 11.6 Å². The Kier molecular flexibility index (Phi) is 8.55. The zero-order chi connectivity index (χ0) is 27.4. The summed E-state index contributed by atoms with van der Waals surface area (Å²) in [5.74, 6) is -3.01. The molecule has 15 heteroatoms. The lowest BCUT2D eigenvalue weighted by atomic mass is 10.1. The Morgan fingerprint density at radius 1 is 1.33 bits per heavy atom. The summed E-state index contributed by atoms with van der Waals surface area (Å²) in [6.07, 6.45) is -12.6. The average Bonchev–Trinajstić information content (AvgIpc) is 2.77. The van der Waals surface area contributed by atoms with E-state index in [0.29, 0.717) is 17.0 Å². The van der Waals surface area contributed by atoms with E-state index in [1.54, 1.807) is 6.07 Å². The molecule has 0 bridgehead atoms. The first-order valence-corrected chi connectivity index (χ1v) is 9.87. The van der Waals surface area contributed by atoms with Crippen molar-refractivity contribution >= 4 is 17.5 Å². The number of alkyl halides is 6. The number of nitriles is 1. The predicted molar refractivity (Wildman–Crippen MR) is 113 cm³/mol. The fourth-order valence-corrected chi connectivity index (χ4v) is 2.98. The third kappa shape index (κ3) is 6.86. The molecule has 0 saturated carbocycles. The fourth-order valence-electron chi connectivity index (χ4n) is 2.75. The largest absolute Gasteiger partial charge is 0.449 e. The van der Waals surface area contributed by atoms with Gasteiger partial charge in [-0.25, -0.2) is 4.98 Å². The fraction of sp³-hybridized carbons (Fsp3) is 0.238. The summed E-state index contributed by atoms with van der Waals surface area (Å²) in [5.41, 5.74) is -4.76. The molecule has 1 heterocycles. The molecular weight excluding hydrogens is 522 g/mol. The van der Waals surface area contributed by atoms with Gasteiger partial charge in [-0.1, -0.05) is 18.2 Å². The third-order valence-corrected chi connectivity index (χ3v) is 4.53. The number of carbonyl (C=O) groups is 1. The van der Waals surface area contributed by atoms with Crippen LogP contribution in [-0.2, 0) is 17.5 Å². The van der Waals surface area contributed by atoms with Crippen LogP contribution in [0.2, 0.25) is 5.02 Å². The first-order valence-electron chi connectivity index (χ1n) is 9.49. The Labute approximate surface area is 203 Å². The summed E-state index contributed by atoms with van der Waals surface area (Å²) in [6, 6.07) is 4.95. The first kappa shape index (κ1) is 28.4. The number of aliphatic hydroxyl groups excluding tert-OH is 1. The molecule has 0 spiro atoms. The molecule has 36 heavy (non-hydrogen) atoms. The van der Waals surface area contributed by atoms with Crippen LogP contribution in [0.4, 0.5) is 26.3 Å². The lowest BCUT2D eigenvalue weighted by Crippen LogP contribution is -2.37. The second-order valence-electron chi connectivity index (χ2n) is 7.02. The standard InChI is InChI=1S/C21H15ClF6N4O4/c1-10(3-14(18(34)30-2)17(33)21(26,27)28)8-32-9-31-16(20(23,24)25)15(19(32)35)36-13-5-11(7-29)4-12(22)6-13/h3-6,9,17,33H,1,8H2,2H3,(H,30,34)/b14-3-. The zero-order valence-electron chi connectivity index (χ0n) is 18.0. The van der Waals surface area contributed by atoms with Crippen molar-refractivity contribution < 1.29 is 41.0 Å². The molecule has 1 aromatic carbocycles. The SMILES string of the molecule is C=C(/C=C(\C(=O)NC)C(O)C(F)(F)F)Cn1cnc(C(F)(F)F)c(Oc2cc(Cl)cc(C#N)c2)c1=O. The maximum Gasteiger partial charge on any atom is 0.437 e. The summed E-state index contributed by atoms with van der Waals surface area (Å²) < 4.78 is 84.8. The molecule has 2 aromatic rings. The molecule has 0 fully saturated rings. The van der Waals surface area contributed by atoms with Crippen molar-refractivity contribution in [3.63, 3.8) is 0 Å². The van der Waals surface area contributed by atoms with Crippen LogP contribution in [0, 0.1) is 11.3 Å². The number of hydrogen-bond donors (Lipinski definition) is 2. The van der Waals surface area contributed by atoms with Crippen LogP contribution < -0.4 is 15.6 Å². The molecule has 1 aromatic heterocycles. The third-order valence-electron chi connectivity index (χ3n) is 4.31. The number of rotatable bonds is 7. The number of amides is 1. The molecule has 2 N–H and O–H groups in total. The van der Waals surface area contributed by atoms with Gasteiger partial charge in [-0.05, 0) is 29.8 Å². The molecule has 0 aliphatic heterocycles. The van der Waals surface area contributed by atoms with Crippen molar-refractivity contribution in [3.05, 3.63) is 75.0 Å². The highest BCUT2D eigenvalue weighted by Crippen LogP contribution is 2.35. The van der Waals surface area contributed by atoms with Gasteiger partial charge in [0.05, 0.1) is 30.1 Å². The van der Waals surface area contributed by atoms with Gasteiger partial charge in [-0.3, -0.25) is 14.2 Å². The van der Waals surface area contributed by atoms with Crippen molar-refractivity contribution in [3.8, 4) is 17.6 Å². The summed E-state index contributed by atoms with van der Waals surface area (Å²) in [7, 11) is 1.00. The minimum atomic E-state index is -5.22. The van der Waals surface area contributed by atoms with Gasteiger partial charge in [0.25, 0.3) is 5.56 Å². The quantitative estimate of drug-likeness (QED) is 0.316. The normalized spacial score (nSPS) is 13.1. The van der Waals surface area contributed by atoms with E-state index in [4.69, 9.17) is 21.6 Å². The molecule has 1 amide bonds. The highest BCUT2D eigenvalue weighted by atomic mass is 35.5. The van der Waals surface area contributed by atoms with E-state index in [0.717, 1.165) is 19.2 Å². The highest BCUT2D eigenvalue weighted by Gasteiger charge is 2.43. The first-order chi connectivity index (χ1) is 16.6. The number of benzene rings is 1. The lowest BCUT2D eigenvalue weighted by Gasteiger charge is -2.18. The molecule has 0 aliphatic rings. The van der Waals surface area contributed by atoms with Crippen molar-refractivity contribution in [2.45, 2.75) is 25.0 Å². The minimum absolute atomic E-state index is 0.0784. The van der Waals surface area contributed by atoms with E-state index in [1.165, 1.54) is 6.07 Å². The number of ether oxygens (including phenoxy) is 1. The molecule has 0 radical (unpaired) electrons. The average molecular weight is 537 g/mol. The Morgan fingerprint density at radius 3 is 2.50 bits per heavy atom. The second-order valence-corrected chi connectivity index (χ2v) is 7.46. The van der Waals surface area contributed by atoms with E-state index in [-0.39, 0.29) is 16.2 Å². The van der Waals surface area contributed by atoms with Gasteiger partial charge in [-0.2, -0.15) is 31.6 Å². The summed E-state index contributed by atoms with van der Waals surface area (Å²) in [4.78, 5) is 27.8. The van der Waals surface area contributed by atoms with E-state index in [2.05, 4.69) is 11.6 Å². The molecule has 0 saturated heterocycles. The minimum Gasteiger partial charge on any atom is -0.449 e. The monoisotopic (exact) mass is 536 g/mol. The molecule has 2 rings (SSSR count). The summed E-state index contributed by atoms with van der Waals surface area (Å²) in [5, 5.41) is 20.3. The Morgan fingerprint density at radius 2 is 1.97 bits per heavy atom. The maximum atomic E-state index is 13.5. The van der Waals surface area contributed by atoms with Crippen LogP contribution in [0.15, 0.2) is 53.1 Å². The number of aliphatic hydroxyl groups is 1. The molecular formula is C21H15ClF6N4O4. The Balaban J connectivity index is 2.54. The highest BCUT2D eigenvalue weighted by molar-refractivity contribution is 6.30. The number of nitrogens with one attached hydrogen (secondary N) is 1. The molecule has 8 nitrogen and oxygen atoms in total. The number of carbonyl (C=O) groups excluding carboxylic acids is 1. The van der Waals surface area contributed by atoms with E-state index < -0.39 is 59.2 Å². The van der Waals surface area contributed by atoms with Crippen LogP contribution in [-0.4, -0.2) is 39.9 Å². The van der Waals surface area contributed by atoms with Crippen molar-refractivity contribution in [1.29, 1.82) is 5.26 Å². The van der Waals surface area contributed by atoms with Gasteiger partial charge < -0.3 is 15.2 Å². The molecule has 0 aliphatic carbocycles. The van der Waals surface area contributed by atoms with Crippen LogP contribution in [0.3, 0.4) is 0 Å². The van der Waals surface area contributed by atoms with Gasteiger partial charge in [0.1, 0.15) is 5.75 Å². The summed E-state index contributed by atoms with van der Waals surface area (Å²) >= 11 is 5.80. The maximum absolute atomic E-state index is 13.5. The number of nitrogens with zero attached hydrogens (tertiary/aromatic N) is 3. The van der Waals surface area contributed by atoms with E-state index >= 15 is 0 Å². The van der Waals surface area contributed by atoms with Crippen molar-refractivity contribution in [1.82, 2.24) is 14.9 Å². The lowest BCUT2D eigenvalue weighted by molar-refractivity contribution is -0.192. The van der Waals surface area contributed by atoms with Crippen LogP contribution in [0.1, 0.15) is 11.3 Å². The number of allylic oxidation sites excluding steroid dienone is 2. The number of likely N-dealkylation sites (N-methyl/N-ethyl adjacent to an activating group) is 1. The van der Waals surface area contributed by atoms with Crippen molar-refractivity contribution in [2.24, 2.45) is 0 Å². The summed E-state index contributed by atoms with van der Waals surface area (Å²) in [6.45, 7) is 2.66. The second kappa shape index (κ2) is 10.8. The molecule has 1 atom stereocenters. The number of hydrogen-bond acceptors (Lipinski definition) is 6. The zero-order valence-corrected chi connectivity index (χ0v) is 18.8. The number of aromatic nitrogens is 2. The van der Waals surface area contributed by atoms with Crippen LogP contribution in [0.5, 0.6) is 11.5 Å². The number of halogens is 7. The van der Waals surface area contributed by atoms with E-state index in [1.807, 2.05) is 5.32 Å². The van der Waals surface area contributed by atoms with Gasteiger partial charge in [0.2, 0.25) is 11.7 Å².